The zero-order chi connectivity index (χ0) is 9.97. The van der Waals surface area contributed by atoms with E-state index in [0.29, 0.717) is 0 Å². The molecule has 2 rings (SSSR count). The number of hydrogen-bond donors (Lipinski definition) is 0. The Hall–Kier alpha value is -1.30. The van der Waals surface area contributed by atoms with Gasteiger partial charge in [0.25, 0.3) is 0 Å². The quantitative estimate of drug-likeness (QED) is 0.812. The van der Waals surface area contributed by atoms with Crippen molar-refractivity contribution >= 4 is 15.9 Å². The molecule has 0 fully saturated rings. The second-order valence-corrected chi connectivity index (χ2v) is 3.64. The fraction of sp³-hybridized carbons (Fsp3) is 0.250. The Kier molecular flexibility index (Phi) is 2.53. The van der Waals surface area contributed by atoms with Crippen molar-refractivity contribution in [3.63, 3.8) is 0 Å². The molecule has 0 saturated heterocycles. The molecule has 72 valence electrons. The fourth-order valence-electron chi connectivity index (χ4n) is 1.14. The Morgan fingerprint density at radius 1 is 1.43 bits per heavy atom. The molecule has 2 aromatic heterocycles. The summed E-state index contributed by atoms with van der Waals surface area (Å²) in [4.78, 5) is 4.05. The SMILES string of the molecule is CCc1nnnn1-c1cncc(Br)c1. The smallest absolute Gasteiger partial charge is 0.156 e. The maximum absolute atomic E-state index is 4.05. The van der Waals surface area contributed by atoms with Gasteiger partial charge in [0.15, 0.2) is 5.82 Å². The van der Waals surface area contributed by atoms with Gasteiger partial charge in [0.2, 0.25) is 0 Å². The van der Waals surface area contributed by atoms with Gasteiger partial charge in [-0.2, -0.15) is 4.68 Å². The second kappa shape index (κ2) is 3.83. The molecule has 0 radical (unpaired) electrons. The van der Waals surface area contributed by atoms with Crippen molar-refractivity contribution in [1.82, 2.24) is 25.2 Å². The van der Waals surface area contributed by atoms with E-state index >= 15 is 0 Å². The highest BCUT2D eigenvalue weighted by Crippen LogP contribution is 2.13. The minimum atomic E-state index is 0.791. The van der Waals surface area contributed by atoms with Crippen LogP contribution in [0.1, 0.15) is 12.7 Å². The lowest BCUT2D eigenvalue weighted by molar-refractivity contribution is 0.763. The zero-order valence-electron chi connectivity index (χ0n) is 7.55. The van der Waals surface area contributed by atoms with E-state index in [1.54, 1.807) is 17.1 Å². The maximum Gasteiger partial charge on any atom is 0.156 e. The molecule has 5 nitrogen and oxygen atoms in total. The lowest BCUT2D eigenvalue weighted by atomic mass is 10.4. The van der Waals surface area contributed by atoms with Crippen molar-refractivity contribution in [3.05, 3.63) is 28.8 Å². The minimum Gasteiger partial charge on any atom is -0.261 e. The first-order valence-electron chi connectivity index (χ1n) is 4.19. The molecule has 2 heterocycles. The standard InChI is InChI=1S/C8H8BrN5/c1-2-8-11-12-13-14(8)7-3-6(9)4-10-5-7/h3-5H,2H2,1H3. The van der Waals surface area contributed by atoms with Crippen LogP contribution < -0.4 is 0 Å². The first-order valence-corrected chi connectivity index (χ1v) is 4.98. The molecular formula is C8H8BrN5. The topological polar surface area (TPSA) is 56.5 Å². The van der Waals surface area contributed by atoms with Crippen molar-refractivity contribution < 1.29 is 0 Å². The predicted octanol–water partition coefficient (Wildman–Crippen LogP) is 1.38. The van der Waals surface area contributed by atoms with Crippen LogP contribution >= 0.6 is 15.9 Å². The highest BCUT2D eigenvalue weighted by molar-refractivity contribution is 9.10. The Bertz CT molecular complexity index is 439. The van der Waals surface area contributed by atoms with E-state index in [1.807, 2.05) is 13.0 Å². The first kappa shape index (κ1) is 9.26. The van der Waals surface area contributed by atoms with E-state index in [0.717, 1.165) is 22.4 Å². The number of tetrazole rings is 1. The van der Waals surface area contributed by atoms with Gasteiger partial charge in [0.05, 0.1) is 11.9 Å². The fourth-order valence-corrected chi connectivity index (χ4v) is 1.50. The summed E-state index contributed by atoms with van der Waals surface area (Å²) in [5, 5.41) is 11.4. The zero-order valence-corrected chi connectivity index (χ0v) is 9.14. The van der Waals surface area contributed by atoms with Crippen LogP contribution in [0.5, 0.6) is 0 Å². The van der Waals surface area contributed by atoms with Gasteiger partial charge in [0.1, 0.15) is 0 Å². The second-order valence-electron chi connectivity index (χ2n) is 2.72. The van der Waals surface area contributed by atoms with Crippen molar-refractivity contribution in [1.29, 1.82) is 0 Å². The summed E-state index contributed by atoms with van der Waals surface area (Å²) in [6.45, 7) is 2.01. The Morgan fingerprint density at radius 3 is 3.00 bits per heavy atom. The predicted molar refractivity (Wildman–Crippen MR) is 54.0 cm³/mol. The van der Waals surface area contributed by atoms with Crippen LogP contribution in [0.3, 0.4) is 0 Å². The first-order chi connectivity index (χ1) is 6.81. The summed E-state index contributed by atoms with van der Waals surface area (Å²) in [7, 11) is 0. The monoisotopic (exact) mass is 253 g/mol. The molecule has 0 atom stereocenters. The number of pyridine rings is 1. The summed E-state index contributed by atoms with van der Waals surface area (Å²) in [5.74, 6) is 0.824. The van der Waals surface area contributed by atoms with Crippen molar-refractivity contribution in [2.45, 2.75) is 13.3 Å². The lowest BCUT2D eigenvalue weighted by Crippen LogP contribution is -2.02. The van der Waals surface area contributed by atoms with Crippen molar-refractivity contribution in [2.75, 3.05) is 0 Å². The number of rotatable bonds is 2. The molecule has 0 unspecified atom stereocenters. The summed E-state index contributed by atoms with van der Waals surface area (Å²) < 4.78 is 2.59. The van der Waals surface area contributed by atoms with Crippen molar-refractivity contribution in [2.24, 2.45) is 0 Å². The van der Waals surface area contributed by atoms with Gasteiger partial charge >= 0.3 is 0 Å². The largest absolute Gasteiger partial charge is 0.261 e. The number of halogens is 1. The third-order valence-corrected chi connectivity index (χ3v) is 2.22. The van der Waals surface area contributed by atoms with Crippen LogP contribution in [-0.2, 0) is 6.42 Å². The van der Waals surface area contributed by atoms with Crippen LogP contribution in [0.25, 0.3) is 5.69 Å². The minimum absolute atomic E-state index is 0.791. The summed E-state index contributed by atoms with van der Waals surface area (Å²) in [6, 6.07) is 1.92. The van der Waals surface area contributed by atoms with E-state index in [9.17, 15) is 0 Å². The van der Waals surface area contributed by atoms with Gasteiger partial charge in [-0.1, -0.05) is 6.92 Å². The van der Waals surface area contributed by atoms with Gasteiger partial charge in [-0.15, -0.1) is 5.10 Å². The number of hydrogen-bond acceptors (Lipinski definition) is 4. The van der Waals surface area contributed by atoms with E-state index in [2.05, 4.69) is 36.4 Å². The van der Waals surface area contributed by atoms with Gasteiger partial charge in [0, 0.05) is 17.1 Å². The van der Waals surface area contributed by atoms with Crippen LogP contribution in [0.4, 0.5) is 0 Å². The molecule has 0 aliphatic heterocycles. The molecule has 0 aliphatic carbocycles. The average molecular weight is 254 g/mol. The van der Waals surface area contributed by atoms with Crippen LogP contribution in [0.2, 0.25) is 0 Å². The molecule has 14 heavy (non-hydrogen) atoms. The molecule has 0 amide bonds. The number of nitrogens with zero attached hydrogens (tertiary/aromatic N) is 5. The third kappa shape index (κ3) is 1.65. The number of aromatic nitrogens is 5. The van der Waals surface area contributed by atoms with Gasteiger partial charge in [-0.05, 0) is 32.4 Å². The maximum atomic E-state index is 4.05. The highest BCUT2D eigenvalue weighted by Gasteiger charge is 2.05. The average Bonchev–Trinajstić information content (AvgIpc) is 2.65. The molecular weight excluding hydrogens is 246 g/mol. The Morgan fingerprint density at radius 2 is 2.29 bits per heavy atom. The van der Waals surface area contributed by atoms with Crippen LogP contribution in [-0.4, -0.2) is 25.2 Å². The van der Waals surface area contributed by atoms with Gasteiger partial charge in [-0.3, -0.25) is 4.98 Å². The van der Waals surface area contributed by atoms with E-state index in [4.69, 9.17) is 0 Å². The van der Waals surface area contributed by atoms with Crippen LogP contribution in [0, 0.1) is 0 Å². The summed E-state index contributed by atoms with van der Waals surface area (Å²) in [6.07, 6.45) is 4.24. The van der Waals surface area contributed by atoms with Gasteiger partial charge < -0.3 is 0 Å². The number of aryl methyl sites for hydroxylation is 1. The molecule has 0 aromatic carbocycles. The highest BCUT2D eigenvalue weighted by atomic mass is 79.9. The Labute approximate surface area is 89.3 Å². The molecule has 0 N–H and O–H groups in total. The van der Waals surface area contributed by atoms with Gasteiger partial charge in [-0.25, -0.2) is 0 Å². The van der Waals surface area contributed by atoms with E-state index in [-0.39, 0.29) is 0 Å². The summed E-state index contributed by atoms with van der Waals surface area (Å²) in [5.41, 5.74) is 0.862. The molecule has 0 aliphatic rings. The van der Waals surface area contributed by atoms with E-state index in [1.165, 1.54) is 0 Å². The normalized spacial score (nSPS) is 10.4. The molecule has 0 saturated carbocycles. The molecule has 0 bridgehead atoms. The third-order valence-electron chi connectivity index (χ3n) is 1.79. The molecule has 6 heteroatoms. The van der Waals surface area contributed by atoms with Crippen LogP contribution in [0.15, 0.2) is 22.9 Å². The lowest BCUT2D eigenvalue weighted by Gasteiger charge is -2.01. The van der Waals surface area contributed by atoms with Crippen molar-refractivity contribution in [3.8, 4) is 5.69 Å². The molecule has 2 aromatic rings. The summed E-state index contributed by atoms with van der Waals surface area (Å²) >= 11 is 3.35. The Balaban J connectivity index is 2.49. The molecule has 0 spiro atoms. The van der Waals surface area contributed by atoms with E-state index < -0.39 is 0 Å².